The molecule has 0 unspecified atom stereocenters. The third kappa shape index (κ3) is 3.17. The molecule has 0 N–H and O–H groups in total. The molecule has 0 aliphatic carbocycles. The van der Waals surface area contributed by atoms with Crippen LogP contribution in [-0.2, 0) is 9.59 Å². The lowest BCUT2D eigenvalue weighted by molar-refractivity contribution is -0.155. The SMILES string of the molecule is CCN1CCN(CC(=O)c2ccc(I)cc2)C(=O)C1=O. The summed E-state index contributed by atoms with van der Waals surface area (Å²) in [4.78, 5) is 38.6. The standard InChI is InChI=1S/C14H15IN2O3/c1-2-16-7-8-17(14(20)13(16)19)9-12(18)10-3-5-11(15)6-4-10/h3-6H,2,7-9H2,1H3. The van der Waals surface area contributed by atoms with Crippen LogP contribution in [-0.4, -0.2) is 53.6 Å². The zero-order valence-corrected chi connectivity index (χ0v) is 13.3. The fraction of sp³-hybridized carbons (Fsp3) is 0.357. The maximum Gasteiger partial charge on any atom is 0.312 e. The molecular weight excluding hydrogens is 371 g/mol. The number of amides is 2. The highest BCUT2D eigenvalue weighted by Gasteiger charge is 2.32. The quantitative estimate of drug-likeness (QED) is 0.444. The molecule has 1 aliphatic heterocycles. The molecule has 0 spiro atoms. The number of halogens is 1. The van der Waals surface area contributed by atoms with E-state index in [-0.39, 0.29) is 12.3 Å². The van der Waals surface area contributed by atoms with Gasteiger partial charge in [0.05, 0.1) is 6.54 Å². The monoisotopic (exact) mass is 386 g/mol. The summed E-state index contributed by atoms with van der Waals surface area (Å²) in [6.45, 7) is 3.21. The number of rotatable bonds is 4. The van der Waals surface area contributed by atoms with Gasteiger partial charge in [-0.15, -0.1) is 0 Å². The smallest absolute Gasteiger partial charge is 0.312 e. The van der Waals surface area contributed by atoms with E-state index in [1.54, 1.807) is 12.1 Å². The summed E-state index contributed by atoms with van der Waals surface area (Å²) in [6.07, 6.45) is 0. The van der Waals surface area contributed by atoms with Crippen LogP contribution in [0.15, 0.2) is 24.3 Å². The Hall–Kier alpha value is -1.44. The number of hydrogen-bond donors (Lipinski definition) is 0. The van der Waals surface area contributed by atoms with Gasteiger partial charge in [-0.05, 0) is 41.6 Å². The van der Waals surface area contributed by atoms with Crippen molar-refractivity contribution < 1.29 is 14.4 Å². The number of nitrogens with zero attached hydrogens (tertiary/aromatic N) is 2. The van der Waals surface area contributed by atoms with Crippen LogP contribution in [0.3, 0.4) is 0 Å². The van der Waals surface area contributed by atoms with Gasteiger partial charge < -0.3 is 9.80 Å². The normalized spacial score (nSPS) is 15.7. The van der Waals surface area contributed by atoms with Crippen LogP contribution in [0.25, 0.3) is 0 Å². The molecule has 1 fully saturated rings. The van der Waals surface area contributed by atoms with E-state index in [0.717, 1.165) is 3.57 Å². The van der Waals surface area contributed by atoms with Gasteiger partial charge in [-0.1, -0.05) is 12.1 Å². The third-order valence-electron chi connectivity index (χ3n) is 3.28. The predicted octanol–water partition coefficient (Wildman–Crippen LogP) is 1.16. The Morgan fingerprint density at radius 2 is 1.65 bits per heavy atom. The molecule has 1 heterocycles. The van der Waals surface area contributed by atoms with Crippen molar-refractivity contribution in [2.75, 3.05) is 26.2 Å². The lowest BCUT2D eigenvalue weighted by Gasteiger charge is -2.32. The van der Waals surface area contributed by atoms with Gasteiger partial charge in [-0.25, -0.2) is 0 Å². The van der Waals surface area contributed by atoms with E-state index >= 15 is 0 Å². The van der Waals surface area contributed by atoms with E-state index in [4.69, 9.17) is 0 Å². The number of carbonyl (C=O) groups excluding carboxylic acids is 3. The molecule has 0 aromatic heterocycles. The fourth-order valence-corrected chi connectivity index (χ4v) is 2.43. The molecule has 2 amide bonds. The highest BCUT2D eigenvalue weighted by atomic mass is 127. The minimum Gasteiger partial charge on any atom is -0.333 e. The average molecular weight is 386 g/mol. The molecule has 1 saturated heterocycles. The second kappa shape index (κ2) is 6.34. The van der Waals surface area contributed by atoms with Crippen molar-refractivity contribution >= 4 is 40.2 Å². The molecule has 1 aliphatic rings. The van der Waals surface area contributed by atoms with Gasteiger partial charge in [0, 0.05) is 28.8 Å². The zero-order chi connectivity index (χ0) is 14.7. The van der Waals surface area contributed by atoms with Gasteiger partial charge in [0.15, 0.2) is 5.78 Å². The number of Topliss-reactive ketones (excluding diaryl/α,β-unsaturated/α-hetero) is 1. The second-order valence-electron chi connectivity index (χ2n) is 4.54. The first-order valence-corrected chi connectivity index (χ1v) is 7.47. The largest absolute Gasteiger partial charge is 0.333 e. The van der Waals surface area contributed by atoms with E-state index in [1.807, 2.05) is 19.1 Å². The van der Waals surface area contributed by atoms with E-state index in [9.17, 15) is 14.4 Å². The lowest BCUT2D eigenvalue weighted by atomic mass is 10.1. The molecule has 0 atom stereocenters. The lowest BCUT2D eigenvalue weighted by Crippen LogP contribution is -2.55. The van der Waals surface area contributed by atoms with Crippen LogP contribution in [0, 0.1) is 3.57 Å². The second-order valence-corrected chi connectivity index (χ2v) is 5.79. The summed E-state index contributed by atoms with van der Waals surface area (Å²) in [5.41, 5.74) is 0.559. The zero-order valence-electron chi connectivity index (χ0n) is 11.1. The molecule has 20 heavy (non-hydrogen) atoms. The van der Waals surface area contributed by atoms with Crippen molar-refractivity contribution in [1.29, 1.82) is 0 Å². The van der Waals surface area contributed by atoms with Crippen LogP contribution in [0.4, 0.5) is 0 Å². The van der Waals surface area contributed by atoms with Gasteiger partial charge in [0.25, 0.3) is 0 Å². The van der Waals surface area contributed by atoms with Gasteiger partial charge in [-0.3, -0.25) is 14.4 Å². The number of carbonyl (C=O) groups is 3. The summed E-state index contributed by atoms with van der Waals surface area (Å²) in [6, 6.07) is 7.16. The van der Waals surface area contributed by atoms with Crippen molar-refractivity contribution in [2.24, 2.45) is 0 Å². The summed E-state index contributed by atoms with van der Waals surface area (Å²) in [5.74, 6) is -1.25. The minimum atomic E-state index is -0.586. The Bertz CT molecular complexity index is 542. The van der Waals surface area contributed by atoms with E-state index in [0.29, 0.717) is 25.2 Å². The van der Waals surface area contributed by atoms with Crippen LogP contribution in [0.2, 0.25) is 0 Å². The molecule has 2 rings (SSSR count). The first-order valence-electron chi connectivity index (χ1n) is 6.40. The average Bonchev–Trinajstić information content (AvgIpc) is 2.45. The molecule has 1 aromatic carbocycles. The number of hydrogen-bond acceptors (Lipinski definition) is 3. The van der Waals surface area contributed by atoms with Crippen LogP contribution in [0.5, 0.6) is 0 Å². The van der Waals surface area contributed by atoms with Gasteiger partial charge in [0.2, 0.25) is 0 Å². The highest BCUT2D eigenvalue weighted by Crippen LogP contribution is 2.10. The van der Waals surface area contributed by atoms with Crippen molar-refractivity contribution in [1.82, 2.24) is 9.80 Å². The molecule has 0 bridgehead atoms. The molecule has 106 valence electrons. The third-order valence-corrected chi connectivity index (χ3v) is 4.00. The number of piperazine rings is 1. The summed E-state index contributed by atoms with van der Waals surface area (Å²) in [7, 11) is 0. The van der Waals surface area contributed by atoms with Crippen LogP contribution >= 0.6 is 22.6 Å². The van der Waals surface area contributed by atoms with Gasteiger partial charge in [0.1, 0.15) is 0 Å². The van der Waals surface area contributed by atoms with Gasteiger partial charge >= 0.3 is 11.8 Å². The Kier molecular flexibility index (Phi) is 4.74. The summed E-state index contributed by atoms with van der Waals surface area (Å²) in [5, 5.41) is 0. The first-order chi connectivity index (χ1) is 9.52. The van der Waals surface area contributed by atoms with E-state index in [2.05, 4.69) is 22.6 Å². The Morgan fingerprint density at radius 3 is 2.25 bits per heavy atom. The molecule has 0 saturated carbocycles. The van der Waals surface area contributed by atoms with Crippen molar-refractivity contribution in [3.8, 4) is 0 Å². The fourth-order valence-electron chi connectivity index (χ4n) is 2.07. The van der Waals surface area contributed by atoms with Gasteiger partial charge in [-0.2, -0.15) is 0 Å². The predicted molar refractivity (Wildman–Crippen MR) is 82.3 cm³/mol. The Balaban J connectivity index is 2.03. The van der Waals surface area contributed by atoms with Crippen LogP contribution < -0.4 is 0 Å². The van der Waals surface area contributed by atoms with E-state index < -0.39 is 11.8 Å². The number of likely N-dealkylation sites (N-methyl/N-ethyl adjacent to an activating group) is 1. The summed E-state index contributed by atoms with van der Waals surface area (Å²) >= 11 is 2.16. The molecular formula is C14H15IN2O3. The highest BCUT2D eigenvalue weighted by molar-refractivity contribution is 14.1. The van der Waals surface area contributed by atoms with E-state index in [1.165, 1.54) is 9.80 Å². The van der Waals surface area contributed by atoms with Crippen LogP contribution in [0.1, 0.15) is 17.3 Å². The maximum absolute atomic E-state index is 12.1. The Labute approximate surface area is 131 Å². The number of ketones is 1. The topological polar surface area (TPSA) is 57.7 Å². The van der Waals surface area contributed by atoms with Crippen molar-refractivity contribution in [3.05, 3.63) is 33.4 Å². The van der Waals surface area contributed by atoms with Crippen molar-refractivity contribution in [3.63, 3.8) is 0 Å². The first kappa shape index (κ1) is 15.0. The molecule has 6 heteroatoms. The minimum absolute atomic E-state index is 0.0390. The maximum atomic E-state index is 12.1. The van der Waals surface area contributed by atoms with Crippen molar-refractivity contribution in [2.45, 2.75) is 6.92 Å². The number of benzene rings is 1. The molecule has 5 nitrogen and oxygen atoms in total. The Morgan fingerprint density at radius 1 is 1.10 bits per heavy atom. The molecule has 0 radical (unpaired) electrons. The summed E-state index contributed by atoms with van der Waals surface area (Å²) < 4.78 is 1.04. The molecule has 1 aromatic rings.